The van der Waals surface area contributed by atoms with Crippen LogP contribution in [-0.2, 0) is 9.59 Å². The molecule has 3 nitrogen and oxygen atoms in total. The number of nitrogens with zero attached hydrogens (tertiary/aromatic N) is 1. The van der Waals surface area contributed by atoms with E-state index in [1.54, 1.807) is 11.3 Å². The molecule has 0 N–H and O–H groups in total. The minimum atomic E-state index is -0.0834. The number of rotatable bonds is 1. The lowest BCUT2D eigenvalue weighted by Crippen LogP contribution is -2.21. The molecule has 2 unspecified atom stereocenters. The Hall–Kier alpha value is -3.54. The maximum absolute atomic E-state index is 13.1. The Labute approximate surface area is 219 Å². The lowest BCUT2D eigenvalue weighted by Gasteiger charge is -2.21. The van der Waals surface area contributed by atoms with Crippen molar-refractivity contribution in [3.63, 3.8) is 0 Å². The highest BCUT2D eigenvalue weighted by molar-refractivity contribution is 7.33. The summed E-state index contributed by atoms with van der Waals surface area (Å²) >= 11 is 3.53. The first-order valence-electron chi connectivity index (χ1n) is 13.0. The fraction of sp³-hybridized carbons (Fsp3) is 0.188. The number of thiophene rings is 2. The number of para-hydroxylation sites is 1. The van der Waals surface area contributed by atoms with Crippen molar-refractivity contribution in [3.8, 4) is 0 Å². The van der Waals surface area contributed by atoms with Crippen molar-refractivity contribution in [3.05, 3.63) is 71.1 Å². The summed E-state index contributed by atoms with van der Waals surface area (Å²) in [7, 11) is 0. The number of pyridine rings is 1. The van der Waals surface area contributed by atoms with E-state index < -0.39 is 0 Å². The lowest BCUT2D eigenvalue weighted by molar-refractivity contribution is -0.120. The quantitative estimate of drug-likeness (QED) is 0.162. The van der Waals surface area contributed by atoms with Gasteiger partial charge in [-0.25, -0.2) is 0 Å². The van der Waals surface area contributed by atoms with Gasteiger partial charge in [-0.05, 0) is 41.8 Å². The summed E-state index contributed by atoms with van der Waals surface area (Å²) in [5.41, 5.74) is 2.97. The average molecular weight is 516 g/mol. The fourth-order valence-electron chi connectivity index (χ4n) is 7.17. The minimum Gasteiger partial charge on any atom is -0.299 e. The number of allylic oxidation sites excluding steroid dienone is 1. The van der Waals surface area contributed by atoms with Crippen molar-refractivity contribution in [2.24, 2.45) is 11.8 Å². The van der Waals surface area contributed by atoms with E-state index >= 15 is 0 Å². The Morgan fingerprint density at radius 2 is 1.57 bits per heavy atom. The van der Waals surface area contributed by atoms with E-state index in [1.165, 1.54) is 57.6 Å². The molecule has 37 heavy (non-hydrogen) atoms. The number of carbonyl (C=O) groups excluding carboxylic acids is 2. The van der Waals surface area contributed by atoms with Gasteiger partial charge in [0.1, 0.15) is 4.83 Å². The second-order valence-electron chi connectivity index (χ2n) is 10.6. The molecule has 4 heterocycles. The Balaban J connectivity index is 1.35. The van der Waals surface area contributed by atoms with Gasteiger partial charge in [-0.1, -0.05) is 61.4 Å². The zero-order valence-corrected chi connectivity index (χ0v) is 21.5. The number of benzene rings is 3. The average Bonchev–Trinajstić information content (AvgIpc) is 3.64. The van der Waals surface area contributed by atoms with Gasteiger partial charge in [0.15, 0.2) is 11.6 Å². The number of fused-ring (bicyclic) bond motifs is 9. The molecule has 2 saturated carbocycles. The Morgan fingerprint density at radius 3 is 2.41 bits per heavy atom. The van der Waals surface area contributed by atoms with E-state index in [2.05, 4.69) is 65.1 Å². The van der Waals surface area contributed by atoms with Crippen molar-refractivity contribution < 1.29 is 9.59 Å². The molecule has 0 aliphatic heterocycles. The summed E-state index contributed by atoms with van der Waals surface area (Å²) in [5.74, 6) is -0.0125. The molecule has 0 amide bonds. The van der Waals surface area contributed by atoms with Gasteiger partial charge in [0, 0.05) is 43.0 Å². The van der Waals surface area contributed by atoms with E-state index in [9.17, 15) is 9.59 Å². The number of hydrogen-bond donors (Lipinski definition) is 0. The van der Waals surface area contributed by atoms with E-state index in [0.29, 0.717) is 5.57 Å². The highest BCUT2D eigenvalue weighted by atomic mass is 32.1. The fourth-order valence-corrected chi connectivity index (χ4v) is 9.80. The van der Waals surface area contributed by atoms with Crippen molar-refractivity contribution >= 4 is 97.9 Å². The zero-order valence-electron chi connectivity index (χ0n) is 19.9. The Morgan fingerprint density at radius 1 is 0.784 bits per heavy atom. The number of ketones is 2. The minimum absolute atomic E-state index is 0.0772. The Kier molecular flexibility index (Phi) is 3.91. The van der Waals surface area contributed by atoms with Crippen LogP contribution in [0.5, 0.6) is 0 Å². The van der Waals surface area contributed by atoms with Gasteiger partial charge in [-0.15, -0.1) is 22.7 Å². The van der Waals surface area contributed by atoms with Crippen LogP contribution < -0.4 is 0 Å². The van der Waals surface area contributed by atoms with Crippen LogP contribution in [0, 0.1) is 11.8 Å². The lowest BCUT2D eigenvalue weighted by atomic mass is 9.81. The molecule has 2 atom stereocenters. The normalized spacial score (nSPS) is 20.6. The van der Waals surface area contributed by atoms with Crippen molar-refractivity contribution in [2.45, 2.75) is 25.7 Å². The van der Waals surface area contributed by atoms with Crippen LogP contribution in [0.1, 0.15) is 30.6 Å². The van der Waals surface area contributed by atoms with Gasteiger partial charge >= 0.3 is 0 Å². The van der Waals surface area contributed by atoms with Crippen LogP contribution in [-0.4, -0.2) is 16.0 Å². The molecular weight excluding hydrogens is 494 g/mol. The number of aromatic nitrogens is 1. The molecule has 9 rings (SSSR count). The van der Waals surface area contributed by atoms with E-state index in [0.717, 1.165) is 30.6 Å². The molecule has 7 aromatic rings. The summed E-state index contributed by atoms with van der Waals surface area (Å²) in [4.78, 5) is 28.5. The summed E-state index contributed by atoms with van der Waals surface area (Å²) in [6.45, 7) is 0. The van der Waals surface area contributed by atoms with Crippen LogP contribution in [0.4, 0.5) is 0 Å². The van der Waals surface area contributed by atoms with Gasteiger partial charge in [0.05, 0.1) is 21.3 Å². The highest BCUT2D eigenvalue weighted by Crippen LogP contribution is 2.49. The SMILES string of the molecule is O=C1C(=Cc2cc3sc4c(c5cccc6ccc7c8ccccc8n4c7c65)c3s2)C(=O)C2CCCCC12. The Bertz CT molecular complexity index is 2130. The van der Waals surface area contributed by atoms with Gasteiger partial charge < -0.3 is 0 Å². The van der Waals surface area contributed by atoms with Crippen LogP contribution in [0.3, 0.4) is 0 Å². The van der Waals surface area contributed by atoms with Crippen molar-refractivity contribution in [2.75, 3.05) is 0 Å². The zero-order chi connectivity index (χ0) is 24.4. The second-order valence-corrected chi connectivity index (χ2v) is 12.7. The maximum Gasteiger partial charge on any atom is 0.170 e. The van der Waals surface area contributed by atoms with Gasteiger partial charge in [0.25, 0.3) is 0 Å². The molecule has 0 radical (unpaired) electrons. The van der Waals surface area contributed by atoms with Gasteiger partial charge in [0.2, 0.25) is 0 Å². The molecule has 3 aromatic carbocycles. The van der Waals surface area contributed by atoms with E-state index in [4.69, 9.17) is 0 Å². The molecule has 2 aliphatic carbocycles. The number of carbonyl (C=O) groups is 2. The number of hydrogen-bond acceptors (Lipinski definition) is 4. The van der Waals surface area contributed by atoms with Crippen LogP contribution >= 0.6 is 22.7 Å². The molecule has 0 bridgehead atoms. The molecule has 5 heteroatoms. The topological polar surface area (TPSA) is 38.5 Å². The predicted octanol–water partition coefficient (Wildman–Crippen LogP) is 8.61. The largest absolute Gasteiger partial charge is 0.299 e. The smallest absolute Gasteiger partial charge is 0.170 e. The third-order valence-corrected chi connectivity index (χ3v) is 11.1. The first-order chi connectivity index (χ1) is 18.2. The second kappa shape index (κ2) is 7.06. The van der Waals surface area contributed by atoms with Crippen LogP contribution in [0.25, 0.3) is 63.7 Å². The number of Topliss-reactive ketones (excluding diaryl/α,β-unsaturated/α-hetero) is 2. The molecule has 2 aliphatic rings. The summed E-state index contributed by atoms with van der Waals surface area (Å²) in [6, 6.07) is 22.0. The molecular formula is C32H21NO2S2. The first kappa shape index (κ1) is 20.5. The predicted molar refractivity (Wildman–Crippen MR) is 155 cm³/mol. The summed E-state index contributed by atoms with van der Waals surface area (Å²) < 4.78 is 4.92. The summed E-state index contributed by atoms with van der Waals surface area (Å²) in [5, 5.41) is 7.69. The highest BCUT2D eigenvalue weighted by Gasteiger charge is 2.46. The summed E-state index contributed by atoms with van der Waals surface area (Å²) in [6.07, 6.45) is 5.74. The first-order valence-corrected chi connectivity index (χ1v) is 14.6. The van der Waals surface area contributed by atoms with Gasteiger partial charge in [-0.2, -0.15) is 0 Å². The standard InChI is InChI=1S/C32H21NO2S2/c34-29-20-8-1-2-9-21(20)30(35)23(29)14-17-15-25-31(36-17)27-22-10-5-6-16-12-13-19-18-7-3-4-11-24(18)33(32(27)37-25)28(19)26(16)22/h3-7,10-15,20-21H,1-2,8-9H2. The molecule has 178 valence electrons. The van der Waals surface area contributed by atoms with Crippen molar-refractivity contribution in [1.29, 1.82) is 0 Å². The molecule has 2 fully saturated rings. The van der Waals surface area contributed by atoms with Gasteiger partial charge in [-0.3, -0.25) is 14.0 Å². The maximum atomic E-state index is 13.1. The molecule has 4 aromatic heterocycles. The third-order valence-electron chi connectivity index (χ3n) is 8.77. The van der Waals surface area contributed by atoms with E-state index in [-0.39, 0.29) is 23.4 Å². The molecule has 0 spiro atoms. The van der Waals surface area contributed by atoms with Crippen molar-refractivity contribution in [1.82, 2.24) is 4.40 Å². The monoisotopic (exact) mass is 515 g/mol. The third kappa shape index (κ3) is 2.51. The van der Waals surface area contributed by atoms with Crippen LogP contribution in [0.15, 0.2) is 66.2 Å². The van der Waals surface area contributed by atoms with Crippen LogP contribution in [0.2, 0.25) is 0 Å². The molecule has 0 saturated heterocycles. The van der Waals surface area contributed by atoms with E-state index in [1.807, 2.05) is 17.4 Å².